The minimum Gasteiger partial charge on any atom is -0.390 e. The fourth-order valence-electron chi connectivity index (χ4n) is 2.59. The maximum atomic E-state index is 12.8. The van der Waals surface area contributed by atoms with E-state index in [1.807, 2.05) is 24.3 Å². The summed E-state index contributed by atoms with van der Waals surface area (Å²) in [6.45, 7) is 2.70. The number of ether oxygens (including phenoxy) is 1. The van der Waals surface area contributed by atoms with Crippen LogP contribution >= 0.6 is 11.8 Å². The van der Waals surface area contributed by atoms with Crippen LogP contribution in [0.15, 0.2) is 38.4 Å². The number of amides is 1. The summed E-state index contributed by atoms with van der Waals surface area (Å²) in [5, 5.41) is 4.41. The van der Waals surface area contributed by atoms with E-state index in [0.29, 0.717) is 11.8 Å². The average Bonchev–Trinajstić information content (AvgIpc) is 2.78. The molecular weight excluding hydrogens is 330 g/mol. The first-order chi connectivity index (χ1) is 11.6. The van der Waals surface area contributed by atoms with Gasteiger partial charge in [-0.1, -0.05) is 19.1 Å². The van der Waals surface area contributed by atoms with Gasteiger partial charge >= 0.3 is 5.76 Å². The number of thioether (sulfide) groups is 1. The highest BCUT2D eigenvalue weighted by atomic mass is 32.2. The monoisotopic (exact) mass is 349 g/mol. The Balaban J connectivity index is 1.83. The highest BCUT2D eigenvalue weighted by Crippen LogP contribution is 2.37. The largest absolute Gasteiger partial charge is 0.437 e. The van der Waals surface area contributed by atoms with E-state index in [4.69, 9.17) is 9.15 Å². The van der Waals surface area contributed by atoms with Crippen molar-refractivity contribution < 1.29 is 13.9 Å². The number of rotatable bonds is 4. The van der Waals surface area contributed by atoms with E-state index in [1.165, 1.54) is 7.11 Å². The van der Waals surface area contributed by atoms with Gasteiger partial charge in [0.25, 0.3) is 0 Å². The van der Waals surface area contributed by atoms with Gasteiger partial charge < -0.3 is 14.1 Å². The van der Waals surface area contributed by atoms with Gasteiger partial charge in [-0.25, -0.2) is 4.79 Å². The second-order valence-electron chi connectivity index (χ2n) is 5.58. The Morgan fingerprint density at radius 2 is 2.25 bits per heavy atom. The normalized spacial score (nSPS) is 17.4. The molecule has 7 nitrogen and oxygen atoms in total. The van der Waals surface area contributed by atoms with Crippen molar-refractivity contribution in [2.24, 2.45) is 0 Å². The topological polar surface area (TPSA) is 77.6 Å². The van der Waals surface area contributed by atoms with Gasteiger partial charge in [0.1, 0.15) is 13.2 Å². The number of carbonyl (C=O) groups excluding carboxylic acids is 1. The van der Waals surface area contributed by atoms with Gasteiger partial charge in [0.2, 0.25) is 11.8 Å². The molecule has 1 aromatic heterocycles. The Labute approximate surface area is 143 Å². The lowest BCUT2D eigenvalue weighted by Crippen LogP contribution is -2.37. The molecule has 0 aliphatic carbocycles. The lowest BCUT2D eigenvalue weighted by Gasteiger charge is -2.22. The molecule has 1 unspecified atom stereocenters. The molecule has 0 radical (unpaired) electrons. The summed E-state index contributed by atoms with van der Waals surface area (Å²) < 4.78 is 10.9. The number of benzene rings is 1. The van der Waals surface area contributed by atoms with Crippen LogP contribution < -0.4 is 10.7 Å². The van der Waals surface area contributed by atoms with Crippen molar-refractivity contribution in [2.75, 3.05) is 18.6 Å². The molecule has 0 saturated carbocycles. The van der Waals surface area contributed by atoms with Gasteiger partial charge in [-0.05, 0) is 18.6 Å². The van der Waals surface area contributed by atoms with Crippen LogP contribution in [-0.4, -0.2) is 34.6 Å². The Hall–Kier alpha value is -2.06. The number of anilines is 1. The Morgan fingerprint density at radius 3 is 3.04 bits per heavy atom. The standard InChI is InChI=1S/C16H19N3O4S/c1-11-7-8-18(12-5-3-4-6-13(12)24-11)15(20)9-19-16(21)23-14(17-19)10-22-2/h3-6,11H,7-10H2,1-2H3. The van der Waals surface area contributed by atoms with E-state index in [9.17, 15) is 9.59 Å². The Bertz CT molecular complexity index is 786. The van der Waals surface area contributed by atoms with Crippen molar-refractivity contribution >= 4 is 23.4 Å². The summed E-state index contributed by atoms with van der Waals surface area (Å²) in [5.74, 6) is -0.673. The van der Waals surface area contributed by atoms with E-state index < -0.39 is 5.76 Å². The van der Waals surface area contributed by atoms with Crippen molar-refractivity contribution in [3.63, 3.8) is 0 Å². The molecule has 2 aromatic rings. The summed E-state index contributed by atoms with van der Waals surface area (Å²) in [6.07, 6.45) is 0.883. The number of fused-ring (bicyclic) bond motifs is 1. The number of carbonyl (C=O) groups is 1. The summed E-state index contributed by atoms with van der Waals surface area (Å²) in [6, 6.07) is 7.82. The zero-order valence-corrected chi connectivity index (χ0v) is 14.4. The second-order valence-corrected chi connectivity index (χ2v) is 7.06. The number of para-hydroxylation sites is 1. The summed E-state index contributed by atoms with van der Waals surface area (Å²) >= 11 is 1.76. The highest BCUT2D eigenvalue weighted by molar-refractivity contribution is 8.00. The van der Waals surface area contributed by atoms with Gasteiger partial charge in [0.15, 0.2) is 0 Å². The fraction of sp³-hybridized carbons (Fsp3) is 0.438. The van der Waals surface area contributed by atoms with Crippen LogP contribution in [0, 0.1) is 0 Å². The molecule has 3 rings (SSSR count). The third-order valence-electron chi connectivity index (χ3n) is 3.75. The Kier molecular flexibility index (Phi) is 5.06. The van der Waals surface area contributed by atoms with Crippen molar-refractivity contribution in [1.82, 2.24) is 9.78 Å². The number of hydrogen-bond donors (Lipinski definition) is 0. The van der Waals surface area contributed by atoms with Crippen LogP contribution in [0.2, 0.25) is 0 Å². The first-order valence-corrected chi connectivity index (χ1v) is 8.58. The van der Waals surface area contributed by atoms with E-state index in [0.717, 1.165) is 21.7 Å². The lowest BCUT2D eigenvalue weighted by atomic mass is 10.2. The van der Waals surface area contributed by atoms with E-state index >= 15 is 0 Å². The van der Waals surface area contributed by atoms with Crippen molar-refractivity contribution in [3.8, 4) is 0 Å². The molecule has 128 valence electrons. The molecule has 0 bridgehead atoms. The van der Waals surface area contributed by atoms with Gasteiger partial charge in [0, 0.05) is 23.8 Å². The first-order valence-electron chi connectivity index (χ1n) is 7.70. The molecule has 0 spiro atoms. The molecule has 24 heavy (non-hydrogen) atoms. The lowest BCUT2D eigenvalue weighted by molar-refractivity contribution is -0.119. The fourth-order valence-corrected chi connectivity index (χ4v) is 3.70. The second kappa shape index (κ2) is 7.23. The summed E-state index contributed by atoms with van der Waals surface area (Å²) in [4.78, 5) is 27.4. The van der Waals surface area contributed by atoms with E-state index in [2.05, 4.69) is 12.0 Å². The van der Waals surface area contributed by atoms with Crippen molar-refractivity contribution in [2.45, 2.75) is 36.6 Å². The number of aromatic nitrogens is 2. The first kappa shape index (κ1) is 16.8. The number of nitrogens with zero attached hydrogens (tertiary/aromatic N) is 3. The number of methoxy groups -OCH3 is 1. The summed E-state index contributed by atoms with van der Waals surface area (Å²) in [7, 11) is 1.48. The highest BCUT2D eigenvalue weighted by Gasteiger charge is 2.25. The molecule has 2 heterocycles. The van der Waals surface area contributed by atoms with Crippen molar-refractivity contribution in [1.29, 1.82) is 0 Å². The Morgan fingerprint density at radius 1 is 1.46 bits per heavy atom. The van der Waals surface area contributed by atoms with Crippen LogP contribution in [0.1, 0.15) is 19.2 Å². The maximum Gasteiger partial charge on any atom is 0.437 e. The third kappa shape index (κ3) is 3.54. The van der Waals surface area contributed by atoms with Crippen LogP contribution in [0.5, 0.6) is 0 Å². The van der Waals surface area contributed by atoms with Gasteiger partial charge in [0.05, 0.1) is 5.69 Å². The van der Waals surface area contributed by atoms with Crippen LogP contribution in [0.3, 0.4) is 0 Å². The van der Waals surface area contributed by atoms with E-state index in [-0.39, 0.29) is 24.9 Å². The average molecular weight is 349 g/mol. The smallest absolute Gasteiger partial charge is 0.390 e. The molecule has 0 fully saturated rings. The quantitative estimate of drug-likeness (QED) is 0.839. The molecule has 0 saturated heterocycles. The molecule has 1 aliphatic rings. The van der Waals surface area contributed by atoms with Crippen LogP contribution in [0.25, 0.3) is 0 Å². The molecule has 1 aliphatic heterocycles. The zero-order valence-electron chi connectivity index (χ0n) is 13.6. The molecule has 1 amide bonds. The minimum atomic E-state index is -0.652. The van der Waals surface area contributed by atoms with Crippen LogP contribution in [-0.2, 0) is 22.7 Å². The minimum absolute atomic E-state index is 0.0944. The molecule has 8 heteroatoms. The zero-order chi connectivity index (χ0) is 17.1. The van der Waals surface area contributed by atoms with Crippen molar-refractivity contribution in [3.05, 3.63) is 40.7 Å². The molecule has 1 aromatic carbocycles. The summed E-state index contributed by atoms with van der Waals surface area (Å²) in [5.41, 5.74) is 0.880. The van der Waals surface area contributed by atoms with Crippen LogP contribution in [0.4, 0.5) is 5.69 Å². The third-order valence-corrected chi connectivity index (χ3v) is 4.98. The van der Waals surface area contributed by atoms with Gasteiger partial charge in [-0.3, -0.25) is 4.79 Å². The van der Waals surface area contributed by atoms with E-state index in [1.54, 1.807) is 16.7 Å². The van der Waals surface area contributed by atoms with Gasteiger partial charge in [-0.15, -0.1) is 16.9 Å². The number of hydrogen-bond acceptors (Lipinski definition) is 6. The maximum absolute atomic E-state index is 12.8. The predicted octanol–water partition coefficient (Wildman–Crippen LogP) is 1.90. The molecular formula is C16H19N3O4S. The molecule has 1 atom stereocenters. The predicted molar refractivity (Wildman–Crippen MR) is 90.2 cm³/mol. The van der Waals surface area contributed by atoms with Gasteiger partial charge in [-0.2, -0.15) is 4.68 Å². The SMILES string of the molecule is COCc1nn(CC(=O)N2CCC(C)Sc3ccccc32)c(=O)o1. The molecule has 0 N–H and O–H groups in total.